The maximum atomic E-state index is 13.3. The van der Waals surface area contributed by atoms with Crippen molar-refractivity contribution in [1.29, 1.82) is 0 Å². The van der Waals surface area contributed by atoms with Crippen LogP contribution >= 0.6 is 15.9 Å². The summed E-state index contributed by atoms with van der Waals surface area (Å²) in [4.78, 5) is 36.4. The monoisotopic (exact) mass is 551 g/mol. The number of methoxy groups -OCH3 is 2. The molecule has 0 saturated heterocycles. The largest absolute Gasteiger partial charge is 0.493 e. The van der Waals surface area contributed by atoms with Crippen molar-refractivity contribution in [3.8, 4) is 28.6 Å². The first-order chi connectivity index (χ1) is 17.3. The van der Waals surface area contributed by atoms with Crippen LogP contribution < -0.4 is 19.6 Å². The third-order valence-corrected chi connectivity index (χ3v) is 5.74. The van der Waals surface area contributed by atoms with E-state index in [1.54, 1.807) is 42.5 Å². The van der Waals surface area contributed by atoms with E-state index < -0.39 is 16.3 Å². The van der Waals surface area contributed by atoms with Crippen LogP contribution in [0.3, 0.4) is 0 Å². The highest BCUT2D eigenvalue weighted by atomic mass is 79.9. The Morgan fingerprint density at radius 2 is 1.81 bits per heavy atom. The van der Waals surface area contributed by atoms with Gasteiger partial charge in [0.2, 0.25) is 11.2 Å². The first-order valence-corrected chi connectivity index (χ1v) is 11.2. The SMILES string of the molecule is COc1cc(-c2oc3ccccc3c(=O)c2OC(=O)/C=C/c2cccc([N+](=O)[O-])c2)cc(Br)c1OC. The fourth-order valence-corrected chi connectivity index (χ4v) is 4.10. The molecule has 4 rings (SSSR count). The number of nitrogens with zero attached hydrogens (tertiary/aromatic N) is 1. The molecule has 0 saturated carbocycles. The van der Waals surface area contributed by atoms with Gasteiger partial charge in [0.25, 0.3) is 5.69 Å². The summed E-state index contributed by atoms with van der Waals surface area (Å²) >= 11 is 3.41. The highest BCUT2D eigenvalue weighted by Crippen LogP contribution is 2.41. The van der Waals surface area contributed by atoms with Gasteiger partial charge >= 0.3 is 5.97 Å². The quantitative estimate of drug-likeness (QED) is 0.123. The highest BCUT2D eigenvalue weighted by Gasteiger charge is 2.22. The van der Waals surface area contributed by atoms with Crippen molar-refractivity contribution >= 4 is 44.6 Å². The maximum Gasteiger partial charge on any atom is 0.336 e. The number of ether oxygens (including phenoxy) is 3. The minimum Gasteiger partial charge on any atom is -0.493 e. The number of nitro groups is 1. The molecule has 10 heteroatoms. The van der Waals surface area contributed by atoms with E-state index >= 15 is 0 Å². The maximum absolute atomic E-state index is 13.3. The van der Waals surface area contributed by atoms with Gasteiger partial charge in [0.05, 0.1) is 29.0 Å². The zero-order chi connectivity index (χ0) is 25.8. The molecule has 0 aliphatic carbocycles. The molecule has 0 radical (unpaired) electrons. The number of carbonyl (C=O) groups excluding carboxylic acids is 1. The summed E-state index contributed by atoms with van der Waals surface area (Å²) in [6, 6.07) is 15.5. The first kappa shape index (κ1) is 24.7. The summed E-state index contributed by atoms with van der Waals surface area (Å²) in [5.74, 6) is -0.382. The molecule has 1 aromatic heterocycles. The zero-order valence-electron chi connectivity index (χ0n) is 19.0. The molecule has 3 aromatic carbocycles. The van der Waals surface area contributed by atoms with Crippen LogP contribution in [0.1, 0.15) is 5.56 Å². The van der Waals surface area contributed by atoms with Crippen molar-refractivity contribution in [1.82, 2.24) is 0 Å². The van der Waals surface area contributed by atoms with E-state index in [-0.39, 0.29) is 22.6 Å². The molecule has 0 spiro atoms. The summed E-state index contributed by atoms with van der Waals surface area (Å²) in [5.41, 5.74) is 0.441. The molecule has 0 bridgehead atoms. The second-order valence-electron chi connectivity index (χ2n) is 7.39. The van der Waals surface area contributed by atoms with E-state index in [0.717, 1.165) is 6.08 Å². The Hall–Kier alpha value is -4.44. The van der Waals surface area contributed by atoms with E-state index in [0.29, 0.717) is 32.7 Å². The lowest BCUT2D eigenvalue weighted by molar-refractivity contribution is -0.384. The molecule has 9 nitrogen and oxygen atoms in total. The number of para-hydroxylation sites is 1. The number of fused-ring (bicyclic) bond motifs is 1. The van der Waals surface area contributed by atoms with Crippen molar-refractivity contribution < 1.29 is 28.3 Å². The average molecular weight is 552 g/mol. The molecule has 36 heavy (non-hydrogen) atoms. The molecule has 0 atom stereocenters. The van der Waals surface area contributed by atoms with E-state index in [1.807, 2.05) is 0 Å². The van der Waals surface area contributed by atoms with Gasteiger partial charge in [-0.15, -0.1) is 0 Å². The first-order valence-electron chi connectivity index (χ1n) is 10.4. The number of non-ortho nitro benzene ring substituents is 1. The number of hydrogen-bond donors (Lipinski definition) is 0. The van der Waals surface area contributed by atoms with Gasteiger partial charge in [0.15, 0.2) is 17.3 Å². The molecule has 0 fully saturated rings. The number of esters is 1. The van der Waals surface area contributed by atoms with Crippen molar-refractivity contribution in [3.05, 3.63) is 97.1 Å². The third kappa shape index (κ3) is 4.98. The van der Waals surface area contributed by atoms with Crippen molar-refractivity contribution in [3.63, 3.8) is 0 Å². The zero-order valence-corrected chi connectivity index (χ0v) is 20.6. The molecule has 0 N–H and O–H groups in total. The van der Waals surface area contributed by atoms with Gasteiger partial charge in [0.1, 0.15) is 5.58 Å². The van der Waals surface area contributed by atoms with Crippen LogP contribution in [0.2, 0.25) is 0 Å². The molecule has 0 amide bonds. The van der Waals surface area contributed by atoms with E-state index in [2.05, 4.69) is 15.9 Å². The third-order valence-electron chi connectivity index (χ3n) is 5.15. The Bertz CT molecular complexity index is 1570. The second-order valence-corrected chi connectivity index (χ2v) is 8.24. The predicted molar refractivity (Wildman–Crippen MR) is 136 cm³/mol. The standard InChI is InChI=1S/C26H18BrNO8/c1-33-21-14-16(13-19(27)25(21)34-2)24-26(23(30)18-8-3-4-9-20(18)35-24)36-22(29)11-10-15-6-5-7-17(12-15)28(31)32/h3-14H,1-2H3/b11-10+. The fourth-order valence-electron chi connectivity index (χ4n) is 3.50. The smallest absolute Gasteiger partial charge is 0.336 e. The summed E-state index contributed by atoms with van der Waals surface area (Å²) < 4.78 is 22.7. The Morgan fingerprint density at radius 3 is 2.53 bits per heavy atom. The minimum atomic E-state index is -0.870. The van der Waals surface area contributed by atoms with Crippen LogP contribution in [0.25, 0.3) is 28.4 Å². The van der Waals surface area contributed by atoms with Gasteiger partial charge < -0.3 is 18.6 Å². The summed E-state index contributed by atoms with van der Waals surface area (Å²) in [6.07, 6.45) is 2.42. The lowest BCUT2D eigenvalue weighted by Gasteiger charge is -2.14. The van der Waals surface area contributed by atoms with Crippen molar-refractivity contribution in [2.45, 2.75) is 0 Å². The normalized spacial score (nSPS) is 11.0. The Labute approximate surface area is 212 Å². The van der Waals surface area contributed by atoms with Crippen LogP contribution in [-0.4, -0.2) is 25.1 Å². The van der Waals surface area contributed by atoms with Gasteiger partial charge in [-0.1, -0.05) is 24.3 Å². The number of halogens is 1. The minimum absolute atomic E-state index is 0.0115. The van der Waals surface area contributed by atoms with Gasteiger partial charge in [0, 0.05) is 23.8 Å². The number of carbonyl (C=O) groups is 1. The molecule has 1 heterocycles. The van der Waals surface area contributed by atoms with E-state index in [1.165, 1.54) is 38.5 Å². The summed E-state index contributed by atoms with van der Waals surface area (Å²) in [6.45, 7) is 0. The van der Waals surface area contributed by atoms with E-state index in [4.69, 9.17) is 18.6 Å². The predicted octanol–water partition coefficient (Wildman–Crippen LogP) is 5.77. The Balaban J connectivity index is 1.79. The molecule has 0 aliphatic heterocycles. The topological polar surface area (TPSA) is 118 Å². The number of nitro benzene ring substituents is 1. The molecule has 0 aliphatic rings. The Morgan fingerprint density at radius 1 is 1.03 bits per heavy atom. The number of rotatable bonds is 7. The fraction of sp³-hybridized carbons (Fsp3) is 0.0769. The van der Waals surface area contributed by atoms with Gasteiger partial charge in [-0.3, -0.25) is 14.9 Å². The van der Waals surface area contributed by atoms with Gasteiger partial charge in [-0.05, 0) is 51.8 Å². The van der Waals surface area contributed by atoms with Crippen molar-refractivity contribution in [2.24, 2.45) is 0 Å². The lowest BCUT2D eigenvalue weighted by Crippen LogP contribution is -2.14. The molecular formula is C26H18BrNO8. The molecular weight excluding hydrogens is 534 g/mol. The molecule has 0 unspecified atom stereocenters. The lowest BCUT2D eigenvalue weighted by atomic mass is 10.1. The average Bonchev–Trinajstić information content (AvgIpc) is 2.88. The van der Waals surface area contributed by atoms with E-state index in [9.17, 15) is 19.7 Å². The van der Waals surface area contributed by atoms with Crippen LogP contribution in [0.15, 0.2) is 80.4 Å². The summed E-state index contributed by atoms with van der Waals surface area (Å²) in [5, 5.41) is 11.2. The second kappa shape index (κ2) is 10.4. The molecule has 4 aromatic rings. The molecule has 182 valence electrons. The van der Waals surface area contributed by atoms with Crippen LogP contribution in [-0.2, 0) is 4.79 Å². The van der Waals surface area contributed by atoms with Crippen LogP contribution in [0.4, 0.5) is 5.69 Å². The summed E-state index contributed by atoms with van der Waals surface area (Å²) in [7, 11) is 2.95. The highest BCUT2D eigenvalue weighted by molar-refractivity contribution is 9.10. The van der Waals surface area contributed by atoms with Crippen molar-refractivity contribution in [2.75, 3.05) is 14.2 Å². The van der Waals surface area contributed by atoms with Crippen LogP contribution in [0.5, 0.6) is 17.2 Å². The number of hydrogen-bond acceptors (Lipinski definition) is 8. The Kier molecular flexibility index (Phi) is 7.16. The van der Waals surface area contributed by atoms with Gasteiger partial charge in [-0.2, -0.15) is 0 Å². The number of benzene rings is 3. The van der Waals surface area contributed by atoms with Crippen LogP contribution in [0, 0.1) is 10.1 Å². The van der Waals surface area contributed by atoms with Gasteiger partial charge in [-0.25, -0.2) is 4.79 Å².